The highest BCUT2D eigenvalue weighted by Crippen LogP contribution is 2.27. The van der Waals surface area contributed by atoms with Gasteiger partial charge in [0.05, 0.1) is 5.69 Å². The molecular weight excluding hydrogens is 437 g/mol. The van der Waals surface area contributed by atoms with Crippen molar-refractivity contribution in [2.45, 2.75) is 6.54 Å². The maximum atomic E-state index is 12.5. The summed E-state index contributed by atoms with van der Waals surface area (Å²) in [5.41, 5.74) is 4.48. The molecule has 2 aromatic carbocycles. The van der Waals surface area contributed by atoms with Gasteiger partial charge in [-0.25, -0.2) is 0 Å². The van der Waals surface area contributed by atoms with Gasteiger partial charge < -0.3 is 10.2 Å². The Hall–Kier alpha value is -2.25. The first-order valence-corrected chi connectivity index (χ1v) is 9.37. The molecule has 0 bridgehead atoms. The van der Waals surface area contributed by atoms with Crippen molar-refractivity contribution < 1.29 is 4.79 Å². The summed E-state index contributed by atoms with van der Waals surface area (Å²) in [4.78, 5) is 19.0. The van der Waals surface area contributed by atoms with Gasteiger partial charge in [0.15, 0.2) is 0 Å². The Kier molecular flexibility index (Phi) is 6.00. The molecule has 1 N–H and O–H groups in total. The van der Waals surface area contributed by atoms with Crippen LogP contribution in [0.1, 0.15) is 15.9 Å². The van der Waals surface area contributed by atoms with E-state index in [-0.39, 0.29) is 5.91 Å². The van der Waals surface area contributed by atoms with Crippen LogP contribution >= 0.6 is 22.6 Å². The molecule has 1 amide bonds. The van der Waals surface area contributed by atoms with E-state index in [0.717, 1.165) is 27.1 Å². The standard InChI is InChI=1S/C21H20IN3O/c1-25(2)14-15-6-8-16(9-7-15)21(26)24-17-10-11-19(22)18(13-17)20-5-3-4-12-23-20/h3-13H,14H2,1-2H3,(H,24,26). The van der Waals surface area contributed by atoms with E-state index < -0.39 is 0 Å². The Balaban J connectivity index is 1.77. The molecule has 0 atom stereocenters. The molecule has 1 heterocycles. The van der Waals surface area contributed by atoms with E-state index in [9.17, 15) is 4.79 Å². The highest BCUT2D eigenvalue weighted by Gasteiger charge is 2.10. The molecule has 0 aliphatic rings. The summed E-state index contributed by atoms with van der Waals surface area (Å²) in [7, 11) is 4.05. The van der Waals surface area contributed by atoms with Crippen LogP contribution in [-0.4, -0.2) is 29.9 Å². The van der Waals surface area contributed by atoms with E-state index in [4.69, 9.17) is 0 Å². The molecule has 4 nitrogen and oxygen atoms in total. The first-order chi connectivity index (χ1) is 12.5. The fraction of sp³-hybridized carbons (Fsp3) is 0.143. The molecule has 1 aromatic heterocycles. The predicted octanol–water partition coefficient (Wildman–Crippen LogP) is 4.67. The second-order valence-corrected chi connectivity index (χ2v) is 7.46. The van der Waals surface area contributed by atoms with E-state index in [2.05, 4.69) is 37.8 Å². The molecule has 3 aromatic rings. The smallest absolute Gasteiger partial charge is 0.255 e. The second kappa shape index (κ2) is 8.42. The number of anilines is 1. The van der Waals surface area contributed by atoms with E-state index in [1.165, 1.54) is 5.56 Å². The quantitative estimate of drug-likeness (QED) is 0.567. The number of rotatable bonds is 5. The second-order valence-electron chi connectivity index (χ2n) is 6.30. The zero-order valence-corrected chi connectivity index (χ0v) is 16.9. The fourth-order valence-corrected chi connectivity index (χ4v) is 3.26. The van der Waals surface area contributed by atoms with Crippen LogP contribution < -0.4 is 5.32 Å². The number of halogens is 1. The number of hydrogen-bond donors (Lipinski definition) is 1. The van der Waals surface area contributed by atoms with Crippen molar-refractivity contribution in [3.05, 3.63) is 81.6 Å². The average Bonchev–Trinajstić information content (AvgIpc) is 2.64. The van der Waals surface area contributed by atoms with Crippen LogP contribution in [0.15, 0.2) is 66.9 Å². The zero-order chi connectivity index (χ0) is 18.5. The fourth-order valence-electron chi connectivity index (χ4n) is 2.65. The van der Waals surface area contributed by atoms with Gasteiger partial charge in [0.25, 0.3) is 5.91 Å². The van der Waals surface area contributed by atoms with Crippen LogP contribution in [0.5, 0.6) is 0 Å². The lowest BCUT2D eigenvalue weighted by molar-refractivity contribution is 0.102. The summed E-state index contributed by atoms with van der Waals surface area (Å²) >= 11 is 2.28. The van der Waals surface area contributed by atoms with Gasteiger partial charge >= 0.3 is 0 Å². The number of carbonyl (C=O) groups is 1. The SMILES string of the molecule is CN(C)Cc1ccc(C(=O)Nc2ccc(I)c(-c3ccccn3)c2)cc1. The number of nitrogens with one attached hydrogen (secondary N) is 1. The molecule has 132 valence electrons. The molecule has 3 rings (SSSR count). The molecular formula is C21H20IN3O. The van der Waals surface area contributed by atoms with Crippen LogP contribution in [0.3, 0.4) is 0 Å². The number of carbonyl (C=O) groups excluding carboxylic acids is 1. The topological polar surface area (TPSA) is 45.2 Å². The Morgan fingerprint density at radius 1 is 1.08 bits per heavy atom. The summed E-state index contributed by atoms with van der Waals surface area (Å²) in [5.74, 6) is -0.116. The van der Waals surface area contributed by atoms with Crippen LogP contribution in [0, 0.1) is 3.57 Å². The lowest BCUT2D eigenvalue weighted by Gasteiger charge is -2.11. The number of aromatic nitrogens is 1. The summed E-state index contributed by atoms with van der Waals surface area (Å²) in [5, 5.41) is 2.98. The van der Waals surface area contributed by atoms with Crippen molar-refractivity contribution >= 4 is 34.2 Å². The third-order valence-corrected chi connectivity index (χ3v) is 4.82. The number of hydrogen-bond acceptors (Lipinski definition) is 3. The van der Waals surface area contributed by atoms with Crippen LogP contribution in [0.2, 0.25) is 0 Å². The maximum absolute atomic E-state index is 12.5. The molecule has 0 unspecified atom stereocenters. The Morgan fingerprint density at radius 2 is 1.85 bits per heavy atom. The number of pyridine rings is 1. The maximum Gasteiger partial charge on any atom is 0.255 e. The zero-order valence-electron chi connectivity index (χ0n) is 14.7. The van der Waals surface area contributed by atoms with Gasteiger partial charge in [-0.3, -0.25) is 9.78 Å². The molecule has 0 aliphatic heterocycles. The van der Waals surface area contributed by atoms with Gasteiger partial charge in [-0.15, -0.1) is 0 Å². The summed E-state index contributed by atoms with van der Waals surface area (Å²) in [6.45, 7) is 0.854. The molecule has 0 aliphatic carbocycles. The van der Waals surface area contributed by atoms with Gasteiger partial charge in [0, 0.05) is 33.1 Å². The summed E-state index contributed by atoms with van der Waals surface area (Å²) in [6.07, 6.45) is 1.77. The van der Waals surface area contributed by atoms with Crippen molar-refractivity contribution in [3.8, 4) is 11.3 Å². The summed E-state index contributed by atoms with van der Waals surface area (Å²) in [6, 6.07) is 19.4. The minimum Gasteiger partial charge on any atom is -0.322 e. The van der Waals surface area contributed by atoms with Gasteiger partial charge in [-0.1, -0.05) is 18.2 Å². The molecule has 0 saturated carbocycles. The van der Waals surface area contributed by atoms with E-state index in [1.54, 1.807) is 6.20 Å². The minimum atomic E-state index is -0.116. The largest absolute Gasteiger partial charge is 0.322 e. The number of nitrogens with zero attached hydrogens (tertiary/aromatic N) is 2. The highest BCUT2D eigenvalue weighted by atomic mass is 127. The molecule has 0 fully saturated rings. The Labute approximate surface area is 167 Å². The molecule has 0 spiro atoms. The van der Waals surface area contributed by atoms with E-state index in [0.29, 0.717) is 5.56 Å². The van der Waals surface area contributed by atoms with Crippen LogP contribution in [-0.2, 0) is 6.54 Å². The van der Waals surface area contributed by atoms with Gasteiger partial charge in [-0.2, -0.15) is 0 Å². The molecule has 0 radical (unpaired) electrons. The van der Waals surface area contributed by atoms with Crippen molar-refractivity contribution in [1.29, 1.82) is 0 Å². The van der Waals surface area contributed by atoms with Crippen molar-refractivity contribution in [2.75, 3.05) is 19.4 Å². The van der Waals surface area contributed by atoms with Crippen LogP contribution in [0.4, 0.5) is 5.69 Å². The third-order valence-electron chi connectivity index (χ3n) is 3.88. The first kappa shape index (κ1) is 18.5. The summed E-state index contributed by atoms with van der Waals surface area (Å²) < 4.78 is 1.09. The van der Waals surface area contributed by atoms with Gasteiger partial charge in [0.2, 0.25) is 0 Å². The third kappa shape index (κ3) is 4.68. The van der Waals surface area contributed by atoms with Crippen molar-refractivity contribution in [2.24, 2.45) is 0 Å². The highest BCUT2D eigenvalue weighted by molar-refractivity contribution is 14.1. The van der Waals surface area contributed by atoms with Crippen molar-refractivity contribution in [3.63, 3.8) is 0 Å². The van der Waals surface area contributed by atoms with Gasteiger partial charge in [0.1, 0.15) is 0 Å². The Morgan fingerprint density at radius 3 is 2.50 bits per heavy atom. The molecule has 26 heavy (non-hydrogen) atoms. The van der Waals surface area contributed by atoms with E-state index >= 15 is 0 Å². The Bertz CT molecular complexity index is 893. The van der Waals surface area contributed by atoms with Crippen LogP contribution in [0.25, 0.3) is 11.3 Å². The predicted molar refractivity (Wildman–Crippen MR) is 114 cm³/mol. The average molecular weight is 457 g/mol. The first-order valence-electron chi connectivity index (χ1n) is 8.29. The lowest BCUT2D eigenvalue weighted by Crippen LogP contribution is -2.13. The number of amides is 1. The van der Waals surface area contributed by atoms with Crippen molar-refractivity contribution in [1.82, 2.24) is 9.88 Å². The molecule has 0 saturated heterocycles. The monoisotopic (exact) mass is 457 g/mol. The van der Waals surface area contributed by atoms with Gasteiger partial charge in [-0.05, 0) is 84.7 Å². The number of benzene rings is 2. The lowest BCUT2D eigenvalue weighted by atomic mass is 10.1. The van der Waals surface area contributed by atoms with E-state index in [1.807, 2.05) is 74.8 Å². The molecule has 5 heteroatoms. The normalized spacial score (nSPS) is 10.8. The minimum absolute atomic E-state index is 0.116.